The molecule has 0 aliphatic carbocycles. The number of amides is 1. The first-order chi connectivity index (χ1) is 10.9. The minimum atomic E-state index is -4.39. The van der Waals surface area contributed by atoms with Crippen LogP contribution in [0.5, 0.6) is 0 Å². The molecule has 0 radical (unpaired) electrons. The molecule has 0 aromatic heterocycles. The van der Waals surface area contributed by atoms with E-state index in [2.05, 4.69) is 0 Å². The number of fused-ring (bicyclic) bond motifs is 1. The number of hydrogen-bond acceptors (Lipinski definition) is 1. The van der Waals surface area contributed by atoms with Gasteiger partial charge in [0.2, 0.25) is 5.91 Å². The van der Waals surface area contributed by atoms with Crippen molar-refractivity contribution in [2.45, 2.75) is 12.1 Å². The van der Waals surface area contributed by atoms with Crippen LogP contribution in [-0.4, -0.2) is 18.3 Å². The fourth-order valence-corrected chi connectivity index (χ4v) is 3.08. The van der Waals surface area contributed by atoms with Crippen molar-refractivity contribution in [3.8, 4) is 0 Å². The molecule has 1 aliphatic rings. The highest BCUT2D eigenvalue weighted by Crippen LogP contribution is 2.41. The quantitative estimate of drug-likeness (QED) is 0.742. The SMILES string of the molecule is O=C(CCl)N1CC(c2cccc(C(F)(F)F)c2)c2ccccc21. The van der Waals surface area contributed by atoms with E-state index >= 15 is 0 Å². The molecule has 0 spiro atoms. The molecular formula is C17H13ClF3NO. The number of para-hydroxylation sites is 1. The number of nitrogens with zero attached hydrogens (tertiary/aromatic N) is 1. The number of alkyl halides is 4. The summed E-state index contributed by atoms with van der Waals surface area (Å²) >= 11 is 5.64. The summed E-state index contributed by atoms with van der Waals surface area (Å²) in [5, 5.41) is 0. The molecule has 1 amide bonds. The second-order valence-corrected chi connectivity index (χ2v) is 5.64. The van der Waals surface area contributed by atoms with Crippen LogP contribution in [0.3, 0.4) is 0 Å². The van der Waals surface area contributed by atoms with Crippen molar-refractivity contribution in [2.75, 3.05) is 17.3 Å². The second kappa shape index (κ2) is 5.89. The van der Waals surface area contributed by atoms with Gasteiger partial charge in [-0.3, -0.25) is 4.79 Å². The first-order valence-corrected chi connectivity index (χ1v) is 7.57. The summed E-state index contributed by atoms with van der Waals surface area (Å²) in [5.74, 6) is -0.710. The Bertz CT molecular complexity index is 745. The molecule has 1 atom stereocenters. The maximum atomic E-state index is 12.9. The minimum absolute atomic E-state index is 0.163. The van der Waals surface area contributed by atoms with Crippen molar-refractivity contribution < 1.29 is 18.0 Å². The van der Waals surface area contributed by atoms with Gasteiger partial charge in [-0.05, 0) is 23.3 Å². The van der Waals surface area contributed by atoms with Gasteiger partial charge in [0.25, 0.3) is 0 Å². The molecule has 1 aliphatic heterocycles. The van der Waals surface area contributed by atoms with Crippen LogP contribution < -0.4 is 4.90 Å². The maximum absolute atomic E-state index is 12.9. The molecule has 120 valence electrons. The van der Waals surface area contributed by atoms with Crippen LogP contribution in [-0.2, 0) is 11.0 Å². The number of rotatable bonds is 2. The number of anilines is 1. The Balaban J connectivity index is 2.03. The summed E-state index contributed by atoms with van der Waals surface area (Å²) in [6.45, 7) is 0.298. The summed E-state index contributed by atoms with van der Waals surface area (Å²) in [5.41, 5.74) is 1.40. The lowest BCUT2D eigenvalue weighted by atomic mass is 9.92. The van der Waals surface area contributed by atoms with Gasteiger partial charge in [-0.15, -0.1) is 11.6 Å². The van der Waals surface area contributed by atoms with E-state index in [1.54, 1.807) is 18.2 Å². The van der Waals surface area contributed by atoms with Crippen LogP contribution in [0.25, 0.3) is 0 Å². The van der Waals surface area contributed by atoms with Crippen LogP contribution in [0.2, 0.25) is 0 Å². The Kier molecular flexibility index (Phi) is 4.06. The van der Waals surface area contributed by atoms with E-state index in [1.807, 2.05) is 12.1 Å². The lowest BCUT2D eigenvalue weighted by molar-refractivity contribution is -0.137. The van der Waals surface area contributed by atoms with Crippen LogP contribution in [0.1, 0.15) is 22.6 Å². The van der Waals surface area contributed by atoms with Gasteiger partial charge in [-0.1, -0.05) is 36.4 Å². The predicted molar refractivity (Wildman–Crippen MR) is 82.8 cm³/mol. The largest absolute Gasteiger partial charge is 0.416 e. The Morgan fingerprint density at radius 2 is 1.91 bits per heavy atom. The fraction of sp³-hybridized carbons (Fsp3) is 0.235. The normalized spacial score (nSPS) is 17.2. The van der Waals surface area contributed by atoms with Gasteiger partial charge >= 0.3 is 6.18 Å². The molecule has 2 aromatic rings. The first kappa shape index (κ1) is 15.9. The zero-order chi connectivity index (χ0) is 16.6. The molecular weight excluding hydrogens is 327 g/mol. The second-order valence-electron chi connectivity index (χ2n) is 5.37. The highest BCUT2D eigenvalue weighted by Gasteiger charge is 2.35. The molecule has 1 unspecified atom stereocenters. The smallest absolute Gasteiger partial charge is 0.310 e. The summed E-state index contributed by atoms with van der Waals surface area (Å²) in [6, 6.07) is 12.5. The molecule has 2 aromatic carbocycles. The zero-order valence-electron chi connectivity index (χ0n) is 12.0. The average molecular weight is 340 g/mol. The topological polar surface area (TPSA) is 20.3 Å². The van der Waals surface area contributed by atoms with E-state index in [1.165, 1.54) is 11.0 Å². The third-order valence-electron chi connectivity index (χ3n) is 4.00. The van der Waals surface area contributed by atoms with Crippen LogP contribution >= 0.6 is 11.6 Å². The predicted octanol–water partition coefficient (Wildman–Crippen LogP) is 4.42. The standard InChI is InChI=1S/C17H13ClF3NO/c18-9-16(23)22-10-14(13-6-1-2-7-15(13)22)11-4-3-5-12(8-11)17(19,20)21/h1-8,14H,9-10H2. The molecule has 1 heterocycles. The third kappa shape index (κ3) is 2.93. The molecule has 0 saturated heterocycles. The average Bonchev–Trinajstić information content (AvgIpc) is 2.93. The highest BCUT2D eigenvalue weighted by atomic mass is 35.5. The molecule has 2 nitrogen and oxygen atoms in total. The summed E-state index contributed by atoms with van der Waals surface area (Å²) in [4.78, 5) is 13.5. The van der Waals surface area contributed by atoms with E-state index in [9.17, 15) is 18.0 Å². The van der Waals surface area contributed by atoms with E-state index in [0.717, 1.165) is 17.7 Å². The van der Waals surface area contributed by atoms with Crippen molar-refractivity contribution in [1.29, 1.82) is 0 Å². The van der Waals surface area contributed by atoms with Crippen molar-refractivity contribution in [2.24, 2.45) is 0 Å². The van der Waals surface area contributed by atoms with Crippen LogP contribution in [0.4, 0.5) is 18.9 Å². The monoisotopic (exact) mass is 339 g/mol. The summed E-state index contributed by atoms with van der Waals surface area (Å²) < 4.78 is 38.8. The molecule has 23 heavy (non-hydrogen) atoms. The fourth-order valence-electron chi connectivity index (χ4n) is 2.93. The Morgan fingerprint density at radius 1 is 1.17 bits per heavy atom. The summed E-state index contributed by atoms with van der Waals surface area (Å²) in [6.07, 6.45) is -4.39. The minimum Gasteiger partial charge on any atom is -0.310 e. The number of hydrogen-bond donors (Lipinski definition) is 0. The zero-order valence-corrected chi connectivity index (χ0v) is 12.7. The number of carbonyl (C=O) groups is 1. The maximum Gasteiger partial charge on any atom is 0.416 e. The van der Waals surface area contributed by atoms with Gasteiger partial charge in [-0.25, -0.2) is 0 Å². The Labute approximate surface area is 136 Å². The van der Waals surface area contributed by atoms with Gasteiger partial charge < -0.3 is 4.90 Å². The van der Waals surface area contributed by atoms with Gasteiger partial charge in [0.05, 0.1) is 5.56 Å². The number of halogens is 4. The lowest BCUT2D eigenvalue weighted by Gasteiger charge is -2.17. The third-order valence-corrected chi connectivity index (χ3v) is 4.23. The Hall–Kier alpha value is -2.01. The van der Waals surface area contributed by atoms with E-state index in [0.29, 0.717) is 17.8 Å². The van der Waals surface area contributed by atoms with Crippen molar-refractivity contribution in [1.82, 2.24) is 0 Å². The van der Waals surface area contributed by atoms with Crippen LogP contribution in [0.15, 0.2) is 48.5 Å². The molecule has 0 N–H and O–H groups in total. The van der Waals surface area contributed by atoms with Gasteiger partial charge in [0.15, 0.2) is 0 Å². The molecule has 0 fully saturated rings. The number of carbonyl (C=O) groups excluding carboxylic acids is 1. The Morgan fingerprint density at radius 3 is 2.61 bits per heavy atom. The van der Waals surface area contributed by atoms with E-state index in [-0.39, 0.29) is 17.7 Å². The summed E-state index contributed by atoms with van der Waals surface area (Å²) in [7, 11) is 0. The van der Waals surface area contributed by atoms with Crippen molar-refractivity contribution in [3.63, 3.8) is 0 Å². The van der Waals surface area contributed by atoms with E-state index in [4.69, 9.17) is 11.6 Å². The van der Waals surface area contributed by atoms with Gasteiger partial charge in [0, 0.05) is 18.2 Å². The molecule has 6 heteroatoms. The molecule has 0 bridgehead atoms. The van der Waals surface area contributed by atoms with Crippen molar-refractivity contribution >= 4 is 23.2 Å². The molecule has 0 saturated carbocycles. The van der Waals surface area contributed by atoms with E-state index < -0.39 is 11.7 Å². The highest BCUT2D eigenvalue weighted by molar-refractivity contribution is 6.29. The van der Waals surface area contributed by atoms with Crippen LogP contribution in [0, 0.1) is 0 Å². The number of benzene rings is 2. The lowest BCUT2D eigenvalue weighted by Crippen LogP contribution is -2.30. The van der Waals surface area contributed by atoms with Crippen molar-refractivity contribution in [3.05, 3.63) is 65.2 Å². The first-order valence-electron chi connectivity index (χ1n) is 7.04. The van der Waals surface area contributed by atoms with Gasteiger partial charge in [-0.2, -0.15) is 13.2 Å². The molecule has 3 rings (SSSR count). The van der Waals surface area contributed by atoms with Gasteiger partial charge in [0.1, 0.15) is 5.88 Å².